The van der Waals surface area contributed by atoms with Crippen LogP contribution in [0.4, 0.5) is 48.3 Å². The van der Waals surface area contributed by atoms with Gasteiger partial charge in [-0.2, -0.15) is 48.3 Å². The molecule has 0 aromatic heterocycles. The van der Waals surface area contributed by atoms with Crippen molar-refractivity contribution in [2.45, 2.75) is 49.3 Å². The minimum atomic E-state index is -7.44. The summed E-state index contributed by atoms with van der Waals surface area (Å²) in [6.45, 7) is 1.46. The lowest BCUT2D eigenvalue weighted by Crippen LogP contribution is -2.66. The molecule has 168 valence electrons. The molecule has 29 heavy (non-hydrogen) atoms. The van der Waals surface area contributed by atoms with E-state index in [0.29, 0.717) is 0 Å². The van der Waals surface area contributed by atoms with Gasteiger partial charge in [-0.3, -0.25) is 0 Å². The van der Waals surface area contributed by atoms with Crippen LogP contribution in [0.25, 0.3) is 0 Å². The van der Waals surface area contributed by atoms with Crippen LogP contribution in [0.1, 0.15) is 25.0 Å². The fourth-order valence-corrected chi connectivity index (χ4v) is 2.32. The standard InChI is InChI=1S/C16H15F11O2/c1-3-29-10-7-5-4-6-9(10)11(28-2)8-12(17,18)13(19,20)14(21,22)15(23,24)16(25,26)27/h4-7,11H,3,8H2,1-2H3. The third-order valence-electron chi connectivity index (χ3n) is 3.90. The first kappa shape index (κ1) is 25.2. The number of benzene rings is 1. The van der Waals surface area contributed by atoms with Crippen LogP contribution in [-0.4, -0.2) is 43.6 Å². The number of methoxy groups -OCH3 is 1. The SMILES string of the molecule is CCOc1ccccc1C(CC(F)(F)C(F)(F)C(F)(F)C(F)(F)C(F)(F)F)OC. The van der Waals surface area contributed by atoms with Crippen molar-refractivity contribution in [1.82, 2.24) is 0 Å². The second kappa shape index (κ2) is 8.15. The Morgan fingerprint density at radius 2 is 1.31 bits per heavy atom. The molecule has 0 bridgehead atoms. The van der Waals surface area contributed by atoms with E-state index in [1.54, 1.807) is 0 Å². The van der Waals surface area contributed by atoms with Gasteiger partial charge in [-0.25, -0.2) is 0 Å². The molecular formula is C16H15F11O2. The molecule has 1 atom stereocenters. The van der Waals surface area contributed by atoms with Crippen LogP contribution in [0.15, 0.2) is 24.3 Å². The van der Waals surface area contributed by atoms with Crippen molar-refractivity contribution >= 4 is 0 Å². The van der Waals surface area contributed by atoms with Crippen molar-refractivity contribution in [2.75, 3.05) is 13.7 Å². The molecule has 0 heterocycles. The van der Waals surface area contributed by atoms with Gasteiger partial charge in [0.1, 0.15) is 5.75 Å². The lowest BCUT2D eigenvalue weighted by Gasteiger charge is -2.38. The summed E-state index contributed by atoms with van der Waals surface area (Å²) in [5.74, 6) is -28.1. The monoisotopic (exact) mass is 448 g/mol. The predicted octanol–water partition coefficient (Wildman–Crippen LogP) is 6.27. The number of ether oxygens (including phenoxy) is 2. The lowest BCUT2D eigenvalue weighted by atomic mass is 9.92. The maximum atomic E-state index is 14.0. The summed E-state index contributed by atoms with van der Waals surface area (Å²) >= 11 is 0. The first-order valence-corrected chi connectivity index (χ1v) is 7.80. The Hall–Kier alpha value is -1.79. The van der Waals surface area contributed by atoms with Gasteiger partial charge in [0.05, 0.1) is 12.7 Å². The third kappa shape index (κ3) is 4.38. The molecule has 0 fully saturated rings. The molecule has 1 aromatic carbocycles. The van der Waals surface area contributed by atoms with E-state index in [2.05, 4.69) is 4.74 Å². The van der Waals surface area contributed by atoms with E-state index in [9.17, 15) is 48.3 Å². The molecule has 0 amide bonds. The van der Waals surface area contributed by atoms with E-state index in [0.717, 1.165) is 13.2 Å². The van der Waals surface area contributed by atoms with E-state index in [1.165, 1.54) is 25.1 Å². The molecule has 0 saturated heterocycles. The summed E-state index contributed by atoms with van der Waals surface area (Å²) in [5, 5.41) is 0. The van der Waals surface area contributed by atoms with Crippen molar-refractivity contribution in [3.8, 4) is 5.75 Å². The van der Waals surface area contributed by atoms with Gasteiger partial charge in [-0.1, -0.05) is 18.2 Å². The summed E-state index contributed by atoms with van der Waals surface area (Å²) < 4.78 is 154. The van der Waals surface area contributed by atoms with E-state index >= 15 is 0 Å². The van der Waals surface area contributed by atoms with Crippen LogP contribution in [0.3, 0.4) is 0 Å². The molecule has 0 saturated carbocycles. The highest BCUT2D eigenvalue weighted by atomic mass is 19.4. The second-order valence-electron chi connectivity index (χ2n) is 5.82. The number of hydrogen-bond donors (Lipinski definition) is 0. The first-order chi connectivity index (χ1) is 13.0. The van der Waals surface area contributed by atoms with Gasteiger partial charge in [-0.05, 0) is 13.0 Å². The molecule has 0 radical (unpaired) electrons. The van der Waals surface area contributed by atoms with Gasteiger partial charge in [0.25, 0.3) is 0 Å². The van der Waals surface area contributed by atoms with Crippen molar-refractivity contribution in [2.24, 2.45) is 0 Å². The van der Waals surface area contributed by atoms with Gasteiger partial charge in [0, 0.05) is 19.1 Å². The average molecular weight is 448 g/mol. The largest absolute Gasteiger partial charge is 0.493 e. The summed E-state index contributed by atoms with van der Waals surface area (Å²) in [4.78, 5) is 0. The highest BCUT2D eigenvalue weighted by Crippen LogP contribution is 2.58. The Kier molecular flexibility index (Phi) is 7.09. The Morgan fingerprint density at radius 1 is 0.793 bits per heavy atom. The quantitative estimate of drug-likeness (QED) is 0.415. The predicted molar refractivity (Wildman–Crippen MR) is 77.8 cm³/mol. The Morgan fingerprint density at radius 3 is 1.76 bits per heavy atom. The van der Waals surface area contributed by atoms with Crippen molar-refractivity contribution in [3.05, 3.63) is 29.8 Å². The van der Waals surface area contributed by atoms with E-state index < -0.39 is 42.4 Å². The van der Waals surface area contributed by atoms with Crippen LogP contribution in [0, 0.1) is 0 Å². The molecule has 1 aromatic rings. The van der Waals surface area contributed by atoms with Gasteiger partial charge >= 0.3 is 29.9 Å². The molecule has 0 spiro atoms. The molecular weight excluding hydrogens is 433 g/mol. The van der Waals surface area contributed by atoms with E-state index in [-0.39, 0.29) is 17.9 Å². The van der Waals surface area contributed by atoms with Gasteiger partial charge < -0.3 is 9.47 Å². The smallest absolute Gasteiger partial charge is 0.460 e. The number of rotatable bonds is 9. The summed E-state index contributed by atoms with van der Waals surface area (Å²) in [6.07, 6.45) is -11.6. The Labute approximate surface area is 157 Å². The molecule has 1 rings (SSSR count). The summed E-state index contributed by atoms with van der Waals surface area (Å²) in [7, 11) is 0.726. The zero-order chi connectivity index (χ0) is 22.9. The summed E-state index contributed by atoms with van der Waals surface area (Å²) in [6, 6.07) is 4.84. The molecule has 1 unspecified atom stereocenters. The second-order valence-corrected chi connectivity index (χ2v) is 5.82. The molecule has 0 aliphatic carbocycles. The van der Waals surface area contributed by atoms with E-state index in [4.69, 9.17) is 4.74 Å². The zero-order valence-electron chi connectivity index (χ0n) is 14.8. The maximum Gasteiger partial charge on any atom is 0.460 e. The van der Waals surface area contributed by atoms with Crippen molar-refractivity contribution in [1.29, 1.82) is 0 Å². The normalized spacial score (nSPS) is 15.3. The van der Waals surface area contributed by atoms with Gasteiger partial charge in [0.2, 0.25) is 0 Å². The van der Waals surface area contributed by atoms with Crippen LogP contribution >= 0.6 is 0 Å². The third-order valence-corrected chi connectivity index (χ3v) is 3.90. The average Bonchev–Trinajstić information content (AvgIpc) is 2.59. The van der Waals surface area contributed by atoms with Crippen molar-refractivity contribution in [3.63, 3.8) is 0 Å². The van der Waals surface area contributed by atoms with Crippen LogP contribution in [0.2, 0.25) is 0 Å². The van der Waals surface area contributed by atoms with Crippen LogP contribution < -0.4 is 4.74 Å². The minimum absolute atomic E-state index is 0.0180. The van der Waals surface area contributed by atoms with E-state index in [1.807, 2.05) is 0 Å². The number of halogens is 11. The Balaban J connectivity index is 3.35. The molecule has 0 aliphatic heterocycles. The fourth-order valence-electron chi connectivity index (χ4n) is 2.32. The fraction of sp³-hybridized carbons (Fsp3) is 0.625. The topological polar surface area (TPSA) is 18.5 Å². The molecule has 2 nitrogen and oxygen atoms in total. The zero-order valence-corrected chi connectivity index (χ0v) is 14.8. The first-order valence-electron chi connectivity index (χ1n) is 7.80. The lowest BCUT2D eigenvalue weighted by molar-refractivity contribution is -0.423. The molecule has 0 aliphatic rings. The number of alkyl halides is 11. The summed E-state index contributed by atoms with van der Waals surface area (Å²) in [5.41, 5.74) is -0.321. The van der Waals surface area contributed by atoms with Gasteiger partial charge in [-0.15, -0.1) is 0 Å². The highest BCUT2D eigenvalue weighted by Gasteiger charge is 2.87. The number of hydrogen-bond acceptors (Lipinski definition) is 2. The maximum absolute atomic E-state index is 14.0. The van der Waals surface area contributed by atoms with Gasteiger partial charge in [0.15, 0.2) is 0 Å². The highest BCUT2D eigenvalue weighted by molar-refractivity contribution is 5.35. The minimum Gasteiger partial charge on any atom is -0.493 e. The number of para-hydroxylation sites is 1. The Bertz CT molecular complexity index is 686. The molecule has 13 heteroatoms. The van der Waals surface area contributed by atoms with Crippen LogP contribution in [0.5, 0.6) is 5.75 Å². The van der Waals surface area contributed by atoms with Crippen LogP contribution in [-0.2, 0) is 4.74 Å². The van der Waals surface area contributed by atoms with Crippen molar-refractivity contribution < 1.29 is 57.8 Å². The molecule has 0 N–H and O–H groups in total.